The Morgan fingerprint density at radius 3 is 2.32 bits per heavy atom. The van der Waals surface area contributed by atoms with E-state index in [4.69, 9.17) is 0 Å². The lowest BCUT2D eigenvalue weighted by Crippen LogP contribution is -2.36. The summed E-state index contributed by atoms with van der Waals surface area (Å²) in [7, 11) is -3.54. The van der Waals surface area contributed by atoms with Crippen LogP contribution in [0.4, 0.5) is 5.69 Å². The van der Waals surface area contributed by atoms with Crippen molar-refractivity contribution >= 4 is 21.4 Å². The molecule has 0 bridgehead atoms. The number of amides is 1. The molecule has 1 amide bonds. The number of hydrogen-bond acceptors (Lipinski definition) is 3. The zero-order chi connectivity index (χ0) is 18.6. The lowest BCUT2D eigenvalue weighted by molar-refractivity contribution is -0.116. The van der Waals surface area contributed by atoms with Gasteiger partial charge in [0.2, 0.25) is 5.91 Å². The highest BCUT2D eigenvalue weighted by atomic mass is 32.2. The molecule has 0 saturated heterocycles. The summed E-state index contributed by atoms with van der Waals surface area (Å²) in [5.41, 5.74) is 4.40. The van der Waals surface area contributed by atoms with E-state index in [2.05, 4.69) is 0 Å². The summed E-state index contributed by atoms with van der Waals surface area (Å²) in [6.45, 7) is 8.01. The van der Waals surface area contributed by atoms with Crippen LogP contribution in [0.1, 0.15) is 29.2 Å². The molecule has 0 saturated carbocycles. The Balaban J connectivity index is 2.20. The lowest BCUT2D eigenvalue weighted by Gasteiger charge is -2.23. The smallest absolute Gasteiger partial charge is 0.242 e. The highest BCUT2D eigenvalue weighted by Crippen LogP contribution is 2.20. The van der Waals surface area contributed by atoms with Gasteiger partial charge in [-0.05, 0) is 50.5 Å². The highest BCUT2D eigenvalue weighted by Gasteiger charge is 2.23. The van der Waals surface area contributed by atoms with Gasteiger partial charge in [0.15, 0.2) is 9.84 Å². The molecule has 0 N–H and O–H groups in total. The van der Waals surface area contributed by atoms with Crippen LogP contribution in [0, 0.1) is 20.8 Å². The monoisotopic (exact) mass is 359 g/mol. The number of carbonyl (C=O) groups is 1. The van der Waals surface area contributed by atoms with Gasteiger partial charge < -0.3 is 4.90 Å². The van der Waals surface area contributed by atoms with Crippen LogP contribution in [0.25, 0.3) is 0 Å². The van der Waals surface area contributed by atoms with Crippen molar-refractivity contribution in [3.05, 3.63) is 64.7 Å². The first-order valence-electron chi connectivity index (χ1n) is 8.36. The van der Waals surface area contributed by atoms with E-state index < -0.39 is 15.6 Å². The molecule has 2 aromatic carbocycles. The second kappa shape index (κ2) is 7.83. The zero-order valence-corrected chi connectivity index (χ0v) is 16.1. The third-order valence-electron chi connectivity index (χ3n) is 4.25. The molecule has 134 valence electrons. The van der Waals surface area contributed by atoms with E-state index in [0.29, 0.717) is 6.54 Å². The van der Waals surface area contributed by atoms with E-state index in [1.54, 1.807) is 0 Å². The Morgan fingerprint density at radius 2 is 1.68 bits per heavy atom. The lowest BCUT2D eigenvalue weighted by atomic mass is 10.1. The molecule has 0 fully saturated rings. The minimum Gasteiger partial charge on any atom is -0.312 e. The number of para-hydroxylation sites is 1. The summed E-state index contributed by atoms with van der Waals surface area (Å²) >= 11 is 0. The summed E-state index contributed by atoms with van der Waals surface area (Å²) in [6, 6.07) is 13.2. The molecule has 0 unspecified atom stereocenters. The number of nitrogens with zero attached hydrogens (tertiary/aromatic N) is 1. The standard InChI is InChI=1S/C20H25NO3S/c1-5-21(19-9-7-6-8-17(19)4)20(22)14-25(23,24)13-18-12-15(2)10-11-16(18)3/h6-12H,5,13-14H2,1-4H3. The largest absolute Gasteiger partial charge is 0.312 e. The van der Waals surface area contributed by atoms with Gasteiger partial charge in [0.1, 0.15) is 5.75 Å². The van der Waals surface area contributed by atoms with Crippen LogP contribution in [-0.2, 0) is 20.4 Å². The molecule has 2 rings (SSSR count). The van der Waals surface area contributed by atoms with Crippen molar-refractivity contribution in [1.82, 2.24) is 0 Å². The molecular formula is C20H25NO3S. The second-order valence-corrected chi connectivity index (χ2v) is 8.45. The molecule has 0 spiro atoms. The third kappa shape index (κ3) is 4.92. The zero-order valence-electron chi connectivity index (χ0n) is 15.2. The quantitative estimate of drug-likeness (QED) is 0.792. The van der Waals surface area contributed by atoms with Crippen molar-refractivity contribution < 1.29 is 13.2 Å². The van der Waals surface area contributed by atoms with Crippen molar-refractivity contribution in [2.24, 2.45) is 0 Å². The van der Waals surface area contributed by atoms with Crippen molar-refractivity contribution in [3.8, 4) is 0 Å². The summed E-state index contributed by atoms with van der Waals surface area (Å²) in [6.07, 6.45) is 0. The number of anilines is 1. The van der Waals surface area contributed by atoms with Crippen LogP contribution in [0.5, 0.6) is 0 Å². The van der Waals surface area contributed by atoms with Gasteiger partial charge in [-0.25, -0.2) is 8.42 Å². The number of aryl methyl sites for hydroxylation is 3. The first-order valence-corrected chi connectivity index (χ1v) is 10.2. The van der Waals surface area contributed by atoms with Crippen molar-refractivity contribution in [1.29, 1.82) is 0 Å². The Kier molecular flexibility index (Phi) is 6.01. The molecule has 5 heteroatoms. The van der Waals surface area contributed by atoms with Crippen LogP contribution in [-0.4, -0.2) is 26.6 Å². The summed E-state index contributed by atoms with van der Waals surface area (Å²) in [5, 5.41) is 0. The van der Waals surface area contributed by atoms with Crippen molar-refractivity contribution in [2.75, 3.05) is 17.2 Å². The fourth-order valence-electron chi connectivity index (χ4n) is 2.86. The van der Waals surface area contributed by atoms with Gasteiger partial charge in [-0.15, -0.1) is 0 Å². The van der Waals surface area contributed by atoms with Gasteiger partial charge in [0, 0.05) is 12.2 Å². The minimum atomic E-state index is -3.54. The van der Waals surface area contributed by atoms with Crippen LogP contribution >= 0.6 is 0 Å². The van der Waals surface area contributed by atoms with Gasteiger partial charge in [-0.1, -0.05) is 42.0 Å². The van der Waals surface area contributed by atoms with Crippen molar-refractivity contribution in [2.45, 2.75) is 33.4 Å². The molecule has 4 nitrogen and oxygen atoms in total. The van der Waals surface area contributed by atoms with Crippen LogP contribution < -0.4 is 4.90 Å². The molecule has 0 atom stereocenters. The van der Waals surface area contributed by atoms with Gasteiger partial charge >= 0.3 is 0 Å². The molecule has 25 heavy (non-hydrogen) atoms. The second-order valence-electron chi connectivity index (χ2n) is 6.39. The first kappa shape index (κ1) is 19.2. The first-order chi connectivity index (χ1) is 11.7. The van der Waals surface area contributed by atoms with Gasteiger partial charge in [0.05, 0.1) is 5.75 Å². The number of rotatable bonds is 6. The molecule has 0 aliphatic rings. The summed E-state index contributed by atoms with van der Waals surface area (Å²) in [4.78, 5) is 14.2. The normalized spacial score (nSPS) is 11.4. The Hall–Kier alpha value is -2.14. The van der Waals surface area contributed by atoms with E-state index in [-0.39, 0.29) is 11.7 Å². The van der Waals surface area contributed by atoms with Gasteiger partial charge in [0.25, 0.3) is 0 Å². The number of hydrogen-bond donors (Lipinski definition) is 0. The average molecular weight is 359 g/mol. The predicted molar refractivity (Wildman–Crippen MR) is 103 cm³/mol. The fourth-order valence-corrected chi connectivity index (χ4v) is 4.28. The molecule has 0 aliphatic heterocycles. The minimum absolute atomic E-state index is 0.114. The molecule has 2 aromatic rings. The van der Waals surface area contributed by atoms with E-state index in [1.807, 2.05) is 70.2 Å². The van der Waals surface area contributed by atoms with Crippen LogP contribution in [0.3, 0.4) is 0 Å². The maximum atomic E-state index is 12.6. The molecule has 0 aliphatic carbocycles. The maximum absolute atomic E-state index is 12.6. The van der Waals surface area contributed by atoms with Crippen molar-refractivity contribution in [3.63, 3.8) is 0 Å². The van der Waals surface area contributed by atoms with Gasteiger partial charge in [-0.3, -0.25) is 4.79 Å². The van der Waals surface area contributed by atoms with E-state index >= 15 is 0 Å². The molecule has 0 heterocycles. The average Bonchev–Trinajstić information content (AvgIpc) is 2.52. The Morgan fingerprint density at radius 1 is 1.00 bits per heavy atom. The summed E-state index contributed by atoms with van der Waals surface area (Å²) < 4.78 is 25.1. The van der Waals surface area contributed by atoms with Crippen LogP contribution in [0.15, 0.2) is 42.5 Å². The summed E-state index contributed by atoms with van der Waals surface area (Å²) in [5.74, 6) is -0.984. The van der Waals surface area contributed by atoms with Crippen LogP contribution in [0.2, 0.25) is 0 Å². The van der Waals surface area contributed by atoms with E-state index in [9.17, 15) is 13.2 Å². The topological polar surface area (TPSA) is 54.5 Å². The molecule has 0 radical (unpaired) electrons. The predicted octanol–water partition coefficient (Wildman–Crippen LogP) is 3.58. The van der Waals surface area contributed by atoms with E-state index in [1.165, 1.54) is 4.90 Å². The Bertz CT molecular complexity index is 872. The number of carbonyl (C=O) groups excluding carboxylic acids is 1. The maximum Gasteiger partial charge on any atom is 0.242 e. The highest BCUT2D eigenvalue weighted by molar-refractivity contribution is 7.91. The SMILES string of the molecule is CCN(C(=O)CS(=O)(=O)Cc1cc(C)ccc1C)c1ccccc1C. The number of sulfone groups is 1. The fraction of sp³-hybridized carbons (Fsp3) is 0.350. The number of benzene rings is 2. The Labute approximate surface area is 150 Å². The van der Waals surface area contributed by atoms with E-state index in [0.717, 1.165) is 27.9 Å². The molecule has 0 aromatic heterocycles. The molecular weight excluding hydrogens is 334 g/mol. The third-order valence-corrected chi connectivity index (χ3v) is 5.68. The van der Waals surface area contributed by atoms with Gasteiger partial charge in [-0.2, -0.15) is 0 Å².